The van der Waals surface area contributed by atoms with Crippen LogP contribution in [0.15, 0.2) is 30.5 Å². The van der Waals surface area contributed by atoms with E-state index in [1.54, 1.807) is 0 Å². The van der Waals surface area contributed by atoms with Crippen molar-refractivity contribution in [3.8, 4) is 11.4 Å². The van der Waals surface area contributed by atoms with E-state index in [4.69, 9.17) is 9.84 Å². The van der Waals surface area contributed by atoms with Crippen LogP contribution in [0.25, 0.3) is 5.69 Å². The summed E-state index contributed by atoms with van der Waals surface area (Å²) in [5.74, 6) is -0.794. The third kappa shape index (κ3) is 2.37. The number of aromatic nitrogens is 2. The number of nitro benzene ring substituents is 1. The molecule has 1 N–H and O–H groups in total. The molecule has 8 nitrogen and oxygen atoms in total. The van der Waals surface area contributed by atoms with E-state index in [0.717, 1.165) is 4.68 Å². The minimum atomic E-state index is -1.20. The van der Waals surface area contributed by atoms with Gasteiger partial charge in [0.15, 0.2) is 5.69 Å². The van der Waals surface area contributed by atoms with Gasteiger partial charge in [-0.2, -0.15) is 5.10 Å². The summed E-state index contributed by atoms with van der Waals surface area (Å²) in [5.41, 5.74) is -0.255. The summed E-state index contributed by atoms with van der Waals surface area (Å²) in [6, 6.07) is 5.39. The van der Waals surface area contributed by atoms with E-state index in [1.807, 2.05) is 0 Å². The summed E-state index contributed by atoms with van der Waals surface area (Å²) in [5, 5.41) is 23.5. The second-order valence-electron chi connectivity index (χ2n) is 3.56. The van der Waals surface area contributed by atoms with Crippen molar-refractivity contribution in [3.63, 3.8) is 0 Å². The maximum Gasteiger partial charge on any atom is 0.356 e. The third-order valence-corrected chi connectivity index (χ3v) is 2.43. The zero-order valence-electron chi connectivity index (χ0n) is 9.81. The van der Waals surface area contributed by atoms with Gasteiger partial charge in [0.05, 0.1) is 12.0 Å². The molecule has 0 radical (unpaired) electrons. The lowest BCUT2D eigenvalue weighted by Gasteiger charge is -2.05. The van der Waals surface area contributed by atoms with E-state index in [9.17, 15) is 14.9 Å². The average molecular weight is 263 g/mol. The zero-order valence-corrected chi connectivity index (χ0v) is 9.81. The minimum Gasteiger partial charge on any atom is -0.497 e. The lowest BCUT2D eigenvalue weighted by molar-refractivity contribution is -0.384. The maximum absolute atomic E-state index is 10.9. The summed E-state index contributed by atoms with van der Waals surface area (Å²) in [6.07, 6.45) is 1.34. The predicted molar refractivity (Wildman–Crippen MR) is 63.7 cm³/mol. The van der Waals surface area contributed by atoms with Gasteiger partial charge in [-0.1, -0.05) is 0 Å². The van der Waals surface area contributed by atoms with Gasteiger partial charge in [0.2, 0.25) is 0 Å². The van der Waals surface area contributed by atoms with Crippen LogP contribution in [0.2, 0.25) is 0 Å². The summed E-state index contributed by atoms with van der Waals surface area (Å²) in [6.45, 7) is 0. The number of ether oxygens (including phenoxy) is 1. The molecule has 0 aliphatic heterocycles. The minimum absolute atomic E-state index is 0.136. The number of hydrogen-bond donors (Lipinski definition) is 1. The number of nitrogens with zero attached hydrogens (tertiary/aromatic N) is 3. The van der Waals surface area contributed by atoms with Gasteiger partial charge in [-0.3, -0.25) is 10.1 Å². The van der Waals surface area contributed by atoms with Crippen LogP contribution in [-0.2, 0) is 0 Å². The topological polar surface area (TPSA) is 107 Å². The molecule has 2 aromatic rings. The second kappa shape index (κ2) is 4.77. The molecule has 1 aromatic carbocycles. The first-order chi connectivity index (χ1) is 9.02. The highest BCUT2D eigenvalue weighted by molar-refractivity contribution is 5.85. The molecule has 0 atom stereocenters. The molecule has 1 aromatic heterocycles. The van der Waals surface area contributed by atoms with Crippen molar-refractivity contribution in [3.05, 3.63) is 46.3 Å². The molecule has 0 saturated carbocycles. The van der Waals surface area contributed by atoms with E-state index < -0.39 is 10.9 Å². The summed E-state index contributed by atoms with van der Waals surface area (Å²) < 4.78 is 6.11. The molecule has 0 aliphatic carbocycles. The van der Waals surface area contributed by atoms with Crippen LogP contribution < -0.4 is 4.74 Å². The van der Waals surface area contributed by atoms with E-state index in [2.05, 4.69) is 5.10 Å². The number of benzene rings is 1. The summed E-state index contributed by atoms with van der Waals surface area (Å²) in [4.78, 5) is 21.1. The molecule has 0 bridgehead atoms. The SMILES string of the molecule is COc1ccc([N+](=O)[O-])c(-n2ccc(C(=O)O)n2)c1. The molecular weight excluding hydrogens is 254 g/mol. The Bertz CT molecular complexity index is 650. The first-order valence-electron chi connectivity index (χ1n) is 5.14. The van der Waals surface area contributed by atoms with Gasteiger partial charge < -0.3 is 9.84 Å². The van der Waals surface area contributed by atoms with Crippen molar-refractivity contribution in [2.45, 2.75) is 0 Å². The van der Waals surface area contributed by atoms with Crippen LogP contribution in [0.5, 0.6) is 5.75 Å². The summed E-state index contributed by atoms with van der Waals surface area (Å²) >= 11 is 0. The standard InChI is InChI=1S/C11H9N3O5/c1-19-7-2-3-9(14(17)18)10(6-7)13-5-4-8(12-13)11(15)16/h2-6H,1H3,(H,15,16). The number of aromatic carboxylic acids is 1. The van der Waals surface area contributed by atoms with Gasteiger partial charge in [0.1, 0.15) is 11.4 Å². The van der Waals surface area contributed by atoms with Crippen molar-refractivity contribution >= 4 is 11.7 Å². The van der Waals surface area contributed by atoms with Gasteiger partial charge in [0.25, 0.3) is 5.69 Å². The number of carboxylic acids is 1. The zero-order chi connectivity index (χ0) is 14.0. The molecule has 1 heterocycles. The Morgan fingerprint density at radius 2 is 2.21 bits per heavy atom. The van der Waals surface area contributed by atoms with Crippen molar-refractivity contribution in [2.24, 2.45) is 0 Å². The third-order valence-electron chi connectivity index (χ3n) is 2.43. The van der Waals surface area contributed by atoms with Crippen molar-refractivity contribution in [1.29, 1.82) is 0 Å². The van der Waals surface area contributed by atoms with Crippen LogP contribution in [0.3, 0.4) is 0 Å². The van der Waals surface area contributed by atoms with E-state index >= 15 is 0 Å². The molecular formula is C11H9N3O5. The van der Waals surface area contributed by atoms with Gasteiger partial charge in [-0.15, -0.1) is 0 Å². The van der Waals surface area contributed by atoms with Crippen molar-refractivity contribution in [2.75, 3.05) is 7.11 Å². The highest BCUT2D eigenvalue weighted by Crippen LogP contribution is 2.27. The molecule has 0 fully saturated rings. The number of carbonyl (C=O) groups is 1. The van der Waals surface area contributed by atoms with Gasteiger partial charge in [-0.05, 0) is 12.1 Å². The Kier molecular flexibility index (Phi) is 3.15. The number of carboxylic acid groups (broad SMARTS) is 1. The van der Waals surface area contributed by atoms with Gasteiger partial charge in [0, 0.05) is 18.3 Å². The molecule has 98 valence electrons. The van der Waals surface area contributed by atoms with E-state index in [1.165, 1.54) is 37.6 Å². The molecule has 19 heavy (non-hydrogen) atoms. The van der Waals surface area contributed by atoms with Crippen LogP contribution >= 0.6 is 0 Å². The summed E-state index contributed by atoms with van der Waals surface area (Å²) in [7, 11) is 1.43. The molecule has 8 heteroatoms. The van der Waals surface area contributed by atoms with Crippen molar-refractivity contribution < 1.29 is 19.6 Å². The van der Waals surface area contributed by atoms with Crippen LogP contribution in [0.1, 0.15) is 10.5 Å². The largest absolute Gasteiger partial charge is 0.497 e. The predicted octanol–water partition coefficient (Wildman–Crippen LogP) is 1.49. The fourth-order valence-electron chi connectivity index (χ4n) is 1.54. The average Bonchev–Trinajstić information content (AvgIpc) is 2.87. The fraction of sp³-hybridized carbons (Fsp3) is 0.0909. The first kappa shape index (κ1) is 12.6. The lowest BCUT2D eigenvalue weighted by Crippen LogP contribution is -2.04. The number of nitro groups is 1. The van der Waals surface area contributed by atoms with Gasteiger partial charge in [-0.25, -0.2) is 9.48 Å². The Balaban J connectivity index is 2.57. The molecule has 0 unspecified atom stereocenters. The van der Waals surface area contributed by atoms with Crippen LogP contribution in [-0.4, -0.2) is 32.9 Å². The Morgan fingerprint density at radius 3 is 2.74 bits per heavy atom. The Labute approximate surface area is 107 Å². The number of hydrogen-bond acceptors (Lipinski definition) is 5. The fourth-order valence-corrected chi connectivity index (χ4v) is 1.54. The van der Waals surface area contributed by atoms with E-state index in [0.29, 0.717) is 5.75 Å². The monoisotopic (exact) mass is 263 g/mol. The molecule has 0 spiro atoms. The van der Waals surface area contributed by atoms with Crippen LogP contribution in [0.4, 0.5) is 5.69 Å². The molecule has 2 rings (SSSR count). The first-order valence-corrected chi connectivity index (χ1v) is 5.14. The maximum atomic E-state index is 10.9. The quantitative estimate of drug-likeness (QED) is 0.661. The molecule has 0 amide bonds. The van der Waals surface area contributed by atoms with Crippen molar-refractivity contribution in [1.82, 2.24) is 9.78 Å². The Hall–Kier alpha value is -2.90. The van der Waals surface area contributed by atoms with Gasteiger partial charge >= 0.3 is 5.97 Å². The number of methoxy groups -OCH3 is 1. The van der Waals surface area contributed by atoms with E-state index in [-0.39, 0.29) is 17.1 Å². The van der Waals surface area contributed by atoms with Crippen LogP contribution in [0, 0.1) is 10.1 Å². The second-order valence-corrected chi connectivity index (χ2v) is 3.56. The molecule has 0 saturated heterocycles. The smallest absolute Gasteiger partial charge is 0.356 e. The molecule has 0 aliphatic rings. The lowest BCUT2D eigenvalue weighted by atomic mass is 10.2. The highest BCUT2D eigenvalue weighted by atomic mass is 16.6. The number of rotatable bonds is 4. The highest BCUT2D eigenvalue weighted by Gasteiger charge is 2.18. The normalized spacial score (nSPS) is 10.2. The Morgan fingerprint density at radius 1 is 1.47 bits per heavy atom.